The van der Waals surface area contributed by atoms with Gasteiger partial charge in [0.1, 0.15) is 0 Å². The molecule has 0 unspecified atom stereocenters. The van der Waals surface area contributed by atoms with Gasteiger partial charge in [0.05, 0.1) is 20.4 Å². The van der Waals surface area contributed by atoms with Gasteiger partial charge in [0.2, 0.25) is 0 Å². The molecule has 0 bridgehead atoms. The minimum absolute atomic E-state index is 0.728. The zero-order chi connectivity index (χ0) is 9.26. The smallest absolute Gasteiger partial charge is 0.162 e. The number of hydrogen-bond donors (Lipinski definition) is 1. The van der Waals surface area contributed by atoms with Gasteiger partial charge in [0.15, 0.2) is 11.5 Å². The van der Waals surface area contributed by atoms with Crippen molar-refractivity contribution in [3.63, 3.8) is 0 Å². The van der Waals surface area contributed by atoms with E-state index in [1.807, 2.05) is 18.2 Å². The highest BCUT2D eigenvalue weighted by atomic mass is 16.5. The van der Waals surface area contributed by atoms with E-state index in [9.17, 15) is 0 Å². The molecule has 1 radical (unpaired) electrons. The zero-order valence-electron chi connectivity index (χ0n) is 7.55. The van der Waals surface area contributed by atoms with Crippen molar-refractivity contribution in [2.45, 2.75) is 0 Å². The fraction of sp³-hybridized carbons (Fsp3) is 0.200. The summed E-state index contributed by atoms with van der Waals surface area (Å²) in [6.07, 6.45) is 2.90. The second-order valence-corrected chi connectivity index (χ2v) is 2.71. The minimum atomic E-state index is 0.728. The first-order valence-corrected chi connectivity index (χ1v) is 3.96. The standard InChI is InChI=1S/C10H10NO2/c1-12-9-5-7-3-4-11-8(7)6-10(9)13-2/h3,5-6,11H,1-2H3. The molecule has 0 fully saturated rings. The van der Waals surface area contributed by atoms with E-state index in [1.54, 1.807) is 14.2 Å². The largest absolute Gasteiger partial charge is 0.493 e. The van der Waals surface area contributed by atoms with Crippen LogP contribution in [0.15, 0.2) is 18.2 Å². The second-order valence-electron chi connectivity index (χ2n) is 2.71. The average molecular weight is 176 g/mol. The summed E-state index contributed by atoms with van der Waals surface area (Å²) in [7, 11) is 3.25. The lowest BCUT2D eigenvalue weighted by Crippen LogP contribution is -1.89. The first-order chi connectivity index (χ1) is 6.35. The number of rotatable bonds is 2. The second kappa shape index (κ2) is 3.01. The Morgan fingerprint density at radius 1 is 1.15 bits per heavy atom. The number of ether oxygens (including phenoxy) is 2. The van der Waals surface area contributed by atoms with Gasteiger partial charge in [0.25, 0.3) is 0 Å². The Hall–Kier alpha value is -1.64. The highest BCUT2D eigenvalue weighted by molar-refractivity contribution is 5.83. The van der Waals surface area contributed by atoms with Crippen LogP contribution in [-0.2, 0) is 0 Å². The number of aromatic nitrogens is 1. The molecule has 1 aromatic heterocycles. The van der Waals surface area contributed by atoms with Crippen molar-refractivity contribution in [3.05, 3.63) is 24.4 Å². The van der Waals surface area contributed by atoms with E-state index in [1.165, 1.54) is 0 Å². The number of benzene rings is 1. The van der Waals surface area contributed by atoms with Crippen LogP contribution >= 0.6 is 0 Å². The Bertz CT molecular complexity index is 382. The third kappa shape index (κ3) is 1.22. The van der Waals surface area contributed by atoms with Crippen molar-refractivity contribution in [2.75, 3.05) is 14.2 Å². The number of H-pyrrole nitrogens is 1. The van der Waals surface area contributed by atoms with Crippen LogP contribution in [0.4, 0.5) is 0 Å². The number of nitrogens with one attached hydrogen (secondary N) is 1. The number of methoxy groups -OCH3 is 2. The van der Waals surface area contributed by atoms with Crippen molar-refractivity contribution in [1.29, 1.82) is 0 Å². The van der Waals surface area contributed by atoms with E-state index in [0.29, 0.717) is 0 Å². The van der Waals surface area contributed by atoms with Crippen LogP contribution in [0.2, 0.25) is 0 Å². The van der Waals surface area contributed by atoms with E-state index in [2.05, 4.69) is 11.2 Å². The molecule has 3 nitrogen and oxygen atoms in total. The van der Waals surface area contributed by atoms with Gasteiger partial charge in [-0.1, -0.05) is 0 Å². The van der Waals surface area contributed by atoms with Crippen molar-refractivity contribution in [1.82, 2.24) is 4.98 Å². The lowest BCUT2D eigenvalue weighted by molar-refractivity contribution is 0.356. The van der Waals surface area contributed by atoms with Crippen LogP contribution in [0.5, 0.6) is 11.5 Å². The number of hydrogen-bond acceptors (Lipinski definition) is 2. The van der Waals surface area contributed by atoms with Crippen LogP contribution < -0.4 is 9.47 Å². The molecule has 0 aliphatic rings. The fourth-order valence-corrected chi connectivity index (χ4v) is 1.31. The summed E-state index contributed by atoms with van der Waals surface area (Å²) in [4.78, 5) is 2.99. The van der Waals surface area contributed by atoms with E-state index in [0.717, 1.165) is 22.4 Å². The Morgan fingerprint density at radius 3 is 2.54 bits per heavy atom. The molecule has 0 saturated carbocycles. The molecular weight excluding hydrogens is 166 g/mol. The van der Waals surface area contributed by atoms with Crippen molar-refractivity contribution < 1.29 is 9.47 Å². The molecule has 1 N–H and O–H groups in total. The Balaban J connectivity index is 2.67. The third-order valence-electron chi connectivity index (χ3n) is 1.99. The van der Waals surface area contributed by atoms with Gasteiger partial charge >= 0.3 is 0 Å². The molecule has 1 heterocycles. The summed E-state index contributed by atoms with van der Waals surface area (Å²) in [5, 5.41) is 1.07. The molecular formula is C10H10NO2. The molecule has 3 heteroatoms. The topological polar surface area (TPSA) is 34.2 Å². The Labute approximate surface area is 76.3 Å². The minimum Gasteiger partial charge on any atom is -0.493 e. The molecule has 0 aliphatic carbocycles. The van der Waals surface area contributed by atoms with Crippen molar-refractivity contribution in [3.8, 4) is 11.5 Å². The highest BCUT2D eigenvalue weighted by Gasteiger charge is 2.05. The monoisotopic (exact) mass is 176 g/mol. The molecule has 67 valence electrons. The maximum atomic E-state index is 5.16. The summed E-state index contributed by atoms with van der Waals surface area (Å²) < 4.78 is 10.3. The quantitative estimate of drug-likeness (QED) is 0.759. The van der Waals surface area contributed by atoms with Gasteiger partial charge in [-0.15, -0.1) is 0 Å². The SMILES string of the molecule is COc1cc2c[c][nH]c2cc1OC. The summed E-state index contributed by atoms with van der Waals surface area (Å²) >= 11 is 0. The van der Waals surface area contributed by atoms with E-state index in [-0.39, 0.29) is 0 Å². The third-order valence-corrected chi connectivity index (χ3v) is 1.99. The maximum Gasteiger partial charge on any atom is 0.162 e. The fourth-order valence-electron chi connectivity index (χ4n) is 1.31. The highest BCUT2D eigenvalue weighted by Crippen LogP contribution is 2.31. The summed E-state index contributed by atoms with van der Waals surface area (Å²) in [6.45, 7) is 0. The molecule has 0 atom stereocenters. The van der Waals surface area contributed by atoms with Crippen LogP contribution in [0.1, 0.15) is 0 Å². The van der Waals surface area contributed by atoms with Crippen LogP contribution in [0.25, 0.3) is 10.9 Å². The first kappa shape index (κ1) is 7.98. The normalized spacial score (nSPS) is 10.3. The lowest BCUT2D eigenvalue weighted by atomic mass is 10.2. The predicted octanol–water partition coefficient (Wildman–Crippen LogP) is 1.99. The first-order valence-electron chi connectivity index (χ1n) is 3.96. The van der Waals surface area contributed by atoms with E-state index in [4.69, 9.17) is 9.47 Å². The van der Waals surface area contributed by atoms with E-state index < -0.39 is 0 Å². The summed E-state index contributed by atoms with van der Waals surface area (Å²) in [5.41, 5.74) is 0.998. The van der Waals surface area contributed by atoms with Crippen LogP contribution in [0, 0.1) is 6.20 Å². The molecule has 0 saturated heterocycles. The number of aromatic amines is 1. The van der Waals surface area contributed by atoms with Gasteiger partial charge in [0, 0.05) is 17.0 Å². The average Bonchev–Trinajstić information content (AvgIpc) is 2.62. The lowest BCUT2D eigenvalue weighted by Gasteiger charge is -2.06. The van der Waals surface area contributed by atoms with Gasteiger partial charge < -0.3 is 14.5 Å². The molecule has 0 amide bonds. The van der Waals surface area contributed by atoms with Gasteiger partial charge in [-0.3, -0.25) is 0 Å². The van der Waals surface area contributed by atoms with Crippen molar-refractivity contribution in [2.24, 2.45) is 0 Å². The molecule has 13 heavy (non-hydrogen) atoms. The van der Waals surface area contributed by atoms with E-state index >= 15 is 0 Å². The zero-order valence-corrected chi connectivity index (χ0v) is 7.55. The molecule has 1 aromatic carbocycles. The Kier molecular flexibility index (Phi) is 1.85. The van der Waals surface area contributed by atoms with Crippen molar-refractivity contribution >= 4 is 10.9 Å². The summed E-state index contributed by atoms with van der Waals surface area (Å²) in [5.74, 6) is 1.47. The van der Waals surface area contributed by atoms with Gasteiger partial charge in [-0.05, 0) is 12.1 Å². The molecule has 2 rings (SSSR count). The number of fused-ring (bicyclic) bond motifs is 1. The Morgan fingerprint density at radius 2 is 1.85 bits per heavy atom. The molecule has 2 aromatic rings. The molecule has 0 aliphatic heterocycles. The predicted molar refractivity (Wildman–Crippen MR) is 50.2 cm³/mol. The van der Waals surface area contributed by atoms with Gasteiger partial charge in [-0.25, -0.2) is 0 Å². The molecule has 0 spiro atoms. The van der Waals surface area contributed by atoms with Crippen LogP contribution in [-0.4, -0.2) is 19.2 Å². The maximum absolute atomic E-state index is 5.16. The summed E-state index contributed by atoms with van der Waals surface area (Å²) in [6, 6.07) is 5.68. The van der Waals surface area contributed by atoms with Gasteiger partial charge in [-0.2, -0.15) is 0 Å². The van der Waals surface area contributed by atoms with Crippen LogP contribution in [0.3, 0.4) is 0 Å².